The largest absolute Gasteiger partial charge is 0.276 e. The number of benzene rings is 3. The number of hydrazone groups is 1. The van der Waals surface area contributed by atoms with Crippen molar-refractivity contribution in [3.05, 3.63) is 115 Å². The number of allylic oxidation sites excluding steroid dienone is 1. The van der Waals surface area contributed by atoms with E-state index in [1.165, 1.54) is 6.07 Å². The Morgan fingerprint density at radius 2 is 1.62 bits per heavy atom. The third-order valence-electron chi connectivity index (χ3n) is 4.02. The topological polar surface area (TPSA) is 84.6 Å². The molecular weight excluding hydrogens is 481 g/mol. The van der Waals surface area contributed by atoms with Gasteiger partial charge in [-0.1, -0.05) is 54.6 Å². The molecule has 0 bridgehead atoms. The Morgan fingerprint density at radius 3 is 2.34 bits per heavy atom. The molecule has 0 unspecified atom stereocenters. The Labute approximate surface area is 181 Å². The van der Waals surface area contributed by atoms with Crippen LogP contribution in [0.2, 0.25) is 0 Å². The van der Waals surface area contributed by atoms with E-state index in [4.69, 9.17) is 0 Å². The number of halogens is 1. The zero-order chi connectivity index (χ0) is 20.6. The fourth-order valence-corrected chi connectivity index (χ4v) is 3.22. The normalized spacial score (nSPS) is 11.4. The SMILES string of the molecule is O=C(NN=C(/C=C\c1ccccc1[N+](=O)[O-])c1ccccc1)c1ccccc1I. The second-order valence-corrected chi connectivity index (χ2v) is 7.10. The minimum atomic E-state index is -0.432. The minimum Gasteiger partial charge on any atom is -0.267 e. The van der Waals surface area contributed by atoms with Crippen LogP contribution in [0.1, 0.15) is 21.5 Å². The lowest BCUT2D eigenvalue weighted by Gasteiger charge is -2.05. The van der Waals surface area contributed by atoms with Crippen LogP contribution in [0.15, 0.2) is 90.0 Å². The van der Waals surface area contributed by atoms with Crippen LogP contribution in [0.5, 0.6) is 0 Å². The van der Waals surface area contributed by atoms with Crippen LogP contribution < -0.4 is 5.43 Å². The summed E-state index contributed by atoms with van der Waals surface area (Å²) in [5, 5.41) is 15.5. The molecule has 7 heteroatoms. The van der Waals surface area contributed by atoms with E-state index >= 15 is 0 Å². The number of hydrogen-bond donors (Lipinski definition) is 1. The van der Waals surface area contributed by atoms with E-state index in [1.807, 2.05) is 42.5 Å². The molecule has 6 nitrogen and oxygen atoms in total. The molecule has 1 amide bonds. The highest BCUT2D eigenvalue weighted by atomic mass is 127. The van der Waals surface area contributed by atoms with Gasteiger partial charge in [0.25, 0.3) is 11.6 Å². The van der Waals surface area contributed by atoms with Crippen molar-refractivity contribution in [3.63, 3.8) is 0 Å². The maximum absolute atomic E-state index is 12.5. The molecule has 0 aliphatic rings. The molecule has 0 spiro atoms. The van der Waals surface area contributed by atoms with E-state index < -0.39 is 4.92 Å². The highest BCUT2D eigenvalue weighted by Gasteiger charge is 2.11. The highest BCUT2D eigenvalue weighted by molar-refractivity contribution is 14.1. The number of nitro groups is 1. The molecule has 29 heavy (non-hydrogen) atoms. The van der Waals surface area contributed by atoms with Crippen LogP contribution in [0.25, 0.3) is 6.08 Å². The fourth-order valence-electron chi connectivity index (χ4n) is 2.59. The van der Waals surface area contributed by atoms with Crippen LogP contribution in [0, 0.1) is 13.7 Å². The zero-order valence-corrected chi connectivity index (χ0v) is 17.3. The van der Waals surface area contributed by atoms with Crippen LogP contribution in [-0.4, -0.2) is 16.5 Å². The molecule has 3 aromatic rings. The number of nitrogens with zero attached hydrogens (tertiary/aromatic N) is 2. The number of nitrogens with one attached hydrogen (secondary N) is 1. The van der Waals surface area contributed by atoms with Gasteiger partial charge in [-0.05, 0) is 52.9 Å². The van der Waals surface area contributed by atoms with Crippen LogP contribution >= 0.6 is 22.6 Å². The number of carbonyl (C=O) groups is 1. The molecule has 3 aromatic carbocycles. The summed E-state index contributed by atoms with van der Waals surface area (Å²) in [6, 6.07) is 22.9. The fraction of sp³-hybridized carbons (Fsp3) is 0. The summed E-state index contributed by atoms with van der Waals surface area (Å²) in [4.78, 5) is 23.3. The Kier molecular flexibility index (Phi) is 6.85. The summed E-state index contributed by atoms with van der Waals surface area (Å²) >= 11 is 2.09. The second-order valence-electron chi connectivity index (χ2n) is 5.93. The van der Waals surface area contributed by atoms with Gasteiger partial charge in [0, 0.05) is 15.2 Å². The standard InChI is InChI=1S/C22H16IN3O3/c23-19-12-6-5-11-18(19)22(27)25-24-20(16-8-2-1-3-9-16)15-14-17-10-4-7-13-21(17)26(28)29/h1-15H,(H,25,27)/b15-14-,24-20?. The lowest BCUT2D eigenvalue weighted by molar-refractivity contribution is -0.385. The first kappa shape index (κ1) is 20.4. The van der Waals surface area contributed by atoms with Gasteiger partial charge in [-0.15, -0.1) is 0 Å². The van der Waals surface area contributed by atoms with Crippen molar-refractivity contribution in [3.8, 4) is 0 Å². The van der Waals surface area contributed by atoms with E-state index in [-0.39, 0.29) is 11.6 Å². The maximum atomic E-state index is 12.5. The van der Waals surface area contributed by atoms with E-state index in [0.29, 0.717) is 16.8 Å². The van der Waals surface area contributed by atoms with Gasteiger partial charge < -0.3 is 0 Å². The van der Waals surface area contributed by atoms with Crippen LogP contribution in [-0.2, 0) is 0 Å². The molecule has 0 heterocycles. The number of para-hydroxylation sites is 1. The average molecular weight is 497 g/mol. The van der Waals surface area contributed by atoms with E-state index in [0.717, 1.165) is 9.13 Å². The quantitative estimate of drug-likeness (QED) is 0.224. The summed E-state index contributed by atoms with van der Waals surface area (Å²) in [5.41, 5.74) is 4.78. The molecular formula is C22H16IN3O3. The predicted molar refractivity (Wildman–Crippen MR) is 122 cm³/mol. The molecule has 0 aromatic heterocycles. The number of amides is 1. The maximum Gasteiger partial charge on any atom is 0.276 e. The summed E-state index contributed by atoms with van der Waals surface area (Å²) < 4.78 is 0.814. The summed E-state index contributed by atoms with van der Waals surface area (Å²) in [6.45, 7) is 0. The number of hydrogen-bond acceptors (Lipinski definition) is 4. The lowest BCUT2D eigenvalue weighted by Crippen LogP contribution is -2.20. The van der Waals surface area contributed by atoms with Crippen LogP contribution in [0.4, 0.5) is 5.69 Å². The molecule has 0 saturated heterocycles. The average Bonchev–Trinajstić information content (AvgIpc) is 2.74. The van der Waals surface area contributed by atoms with Gasteiger partial charge >= 0.3 is 0 Å². The van der Waals surface area contributed by atoms with E-state index in [1.54, 1.807) is 42.5 Å². The van der Waals surface area contributed by atoms with Crippen molar-refractivity contribution < 1.29 is 9.72 Å². The molecule has 0 saturated carbocycles. The second kappa shape index (κ2) is 9.74. The molecule has 0 atom stereocenters. The van der Waals surface area contributed by atoms with Gasteiger partial charge in [-0.3, -0.25) is 14.9 Å². The number of carbonyl (C=O) groups excluding carboxylic acids is 1. The van der Waals surface area contributed by atoms with Gasteiger partial charge in [-0.2, -0.15) is 5.10 Å². The summed E-state index contributed by atoms with van der Waals surface area (Å²) in [5.74, 6) is -0.331. The lowest BCUT2D eigenvalue weighted by atomic mass is 10.1. The molecule has 0 aliphatic carbocycles. The first-order chi connectivity index (χ1) is 14.1. The highest BCUT2D eigenvalue weighted by Crippen LogP contribution is 2.19. The third kappa shape index (κ3) is 5.35. The van der Waals surface area contributed by atoms with Crippen molar-refractivity contribution in [2.75, 3.05) is 0 Å². The molecule has 144 valence electrons. The van der Waals surface area contributed by atoms with Crippen molar-refractivity contribution in [1.82, 2.24) is 5.43 Å². The van der Waals surface area contributed by atoms with Gasteiger partial charge in [0.1, 0.15) is 0 Å². The smallest absolute Gasteiger partial charge is 0.267 e. The summed E-state index contributed by atoms with van der Waals surface area (Å²) in [7, 11) is 0. The monoisotopic (exact) mass is 497 g/mol. The molecule has 0 fully saturated rings. The van der Waals surface area contributed by atoms with E-state index in [2.05, 4.69) is 33.1 Å². The predicted octanol–water partition coefficient (Wildman–Crippen LogP) is 5.05. The van der Waals surface area contributed by atoms with E-state index in [9.17, 15) is 14.9 Å². The van der Waals surface area contributed by atoms with Gasteiger partial charge in [-0.25, -0.2) is 5.43 Å². The molecule has 0 radical (unpaired) electrons. The van der Waals surface area contributed by atoms with Gasteiger partial charge in [0.2, 0.25) is 0 Å². The Bertz CT molecular complexity index is 1100. The zero-order valence-electron chi connectivity index (χ0n) is 15.2. The molecule has 0 aliphatic heterocycles. The Balaban J connectivity index is 1.92. The first-order valence-corrected chi connectivity index (χ1v) is 9.73. The van der Waals surface area contributed by atoms with Crippen LogP contribution in [0.3, 0.4) is 0 Å². The Hall–Kier alpha value is -3.33. The Morgan fingerprint density at radius 1 is 0.966 bits per heavy atom. The van der Waals surface area contributed by atoms with Crippen molar-refractivity contribution in [2.24, 2.45) is 5.10 Å². The van der Waals surface area contributed by atoms with Crippen molar-refractivity contribution >= 4 is 46.0 Å². The van der Waals surface area contributed by atoms with Crippen molar-refractivity contribution in [2.45, 2.75) is 0 Å². The number of rotatable bonds is 6. The third-order valence-corrected chi connectivity index (χ3v) is 4.96. The first-order valence-electron chi connectivity index (χ1n) is 8.66. The summed E-state index contributed by atoms with van der Waals surface area (Å²) in [6.07, 6.45) is 3.26. The number of nitro benzene ring substituents is 1. The minimum absolute atomic E-state index is 0.000892. The molecule has 3 rings (SSSR count). The van der Waals surface area contributed by atoms with Gasteiger partial charge in [0.15, 0.2) is 0 Å². The van der Waals surface area contributed by atoms with Crippen molar-refractivity contribution in [1.29, 1.82) is 0 Å². The van der Waals surface area contributed by atoms with Gasteiger partial charge in [0.05, 0.1) is 21.8 Å². The molecule has 1 N–H and O–H groups in total.